The van der Waals surface area contributed by atoms with Crippen molar-refractivity contribution < 1.29 is 0 Å². The molecule has 3 heteroatoms. The Labute approximate surface area is 271 Å². The van der Waals surface area contributed by atoms with Crippen molar-refractivity contribution in [2.24, 2.45) is 11.8 Å². The smallest absolute Gasteiger partial charge is 0.0326 e. The number of hydrogen-bond donors (Lipinski definition) is 0. The Morgan fingerprint density at radius 3 is 1.09 bits per heavy atom. The quantitative estimate of drug-likeness (QED) is 0.177. The lowest BCUT2D eigenvalue weighted by Crippen LogP contribution is -2.45. The molecule has 1 aliphatic carbocycles. The Bertz CT molecular complexity index is 1410. The second-order valence-electron chi connectivity index (χ2n) is 13.8. The minimum atomic E-state index is -0.805. The Kier molecular flexibility index (Phi) is 10.5. The van der Waals surface area contributed by atoms with Gasteiger partial charge in [-0.1, -0.05) is 75.2 Å². The third kappa shape index (κ3) is 6.92. The third-order valence-corrected chi connectivity index (χ3v) is 15.8. The minimum Gasteiger partial charge on any atom is -0.241 e. The molecule has 5 rings (SSSR count). The second-order valence-corrected chi connectivity index (χ2v) is 18.3. The molecule has 0 radical (unpaired) electrons. The predicted molar refractivity (Wildman–Crippen MR) is 198 cm³/mol. The van der Waals surface area contributed by atoms with Crippen molar-refractivity contribution >= 4 is 37.4 Å². The summed E-state index contributed by atoms with van der Waals surface area (Å²) in [6, 6.07) is 29.9. The minimum absolute atomic E-state index is 0.521. The summed E-state index contributed by atoms with van der Waals surface area (Å²) in [6.07, 6.45) is 5.26. The molecule has 0 aromatic heterocycles. The van der Waals surface area contributed by atoms with Gasteiger partial charge in [0.05, 0.1) is 0 Å². The highest BCUT2D eigenvalue weighted by Gasteiger charge is 2.42. The van der Waals surface area contributed by atoms with Crippen LogP contribution in [0.1, 0.15) is 84.0 Å². The SMILES string of the molecule is Cc1ccc(P(c2ccc(C)c(C)c2)N(C2CCCCC2C(C)C)P(c2ccc(C)c(C)c2)c2ccc(C)c(C)c2)cc1C. The summed E-state index contributed by atoms with van der Waals surface area (Å²) >= 11 is 0. The van der Waals surface area contributed by atoms with E-state index in [9.17, 15) is 0 Å². The molecule has 1 aliphatic rings. The highest BCUT2D eigenvalue weighted by Crippen LogP contribution is 2.59. The molecule has 0 bridgehead atoms. The molecule has 2 atom stereocenters. The first-order valence-corrected chi connectivity index (χ1v) is 19.2. The number of nitrogens with zero attached hydrogens (tertiary/aromatic N) is 1. The van der Waals surface area contributed by atoms with Gasteiger partial charge in [0, 0.05) is 22.2 Å². The van der Waals surface area contributed by atoms with E-state index in [4.69, 9.17) is 0 Å². The van der Waals surface area contributed by atoms with Gasteiger partial charge < -0.3 is 0 Å². The maximum absolute atomic E-state index is 3.12. The van der Waals surface area contributed by atoms with E-state index >= 15 is 0 Å². The van der Waals surface area contributed by atoms with Gasteiger partial charge in [-0.3, -0.25) is 0 Å². The molecule has 1 fully saturated rings. The molecule has 232 valence electrons. The van der Waals surface area contributed by atoms with Gasteiger partial charge in [0.2, 0.25) is 0 Å². The molecular weight excluding hydrogens is 568 g/mol. The first-order valence-electron chi connectivity index (χ1n) is 16.6. The molecule has 0 heterocycles. The fourth-order valence-electron chi connectivity index (χ4n) is 6.79. The Hall–Kier alpha value is -2.30. The number of aryl methyl sites for hydroxylation is 8. The average Bonchev–Trinajstić information content (AvgIpc) is 2.99. The predicted octanol–water partition coefficient (Wildman–Crippen LogP) is 10.1. The van der Waals surface area contributed by atoms with Crippen LogP contribution in [-0.4, -0.2) is 10.5 Å². The Balaban J connectivity index is 1.87. The van der Waals surface area contributed by atoms with Crippen molar-refractivity contribution in [3.63, 3.8) is 0 Å². The van der Waals surface area contributed by atoms with E-state index < -0.39 is 16.1 Å². The second kappa shape index (κ2) is 14.0. The zero-order valence-electron chi connectivity index (χ0n) is 28.8. The molecule has 4 aromatic rings. The standard InChI is InChI=1S/C41H53NP2/c1-27(2)40-13-11-12-14-41(40)42(43(36-19-15-28(3)32(7)23-36)37-20-16-29(4)33(8)24-37)44(38-21-17-30(5)34(9)25-38)39-22-18-31(6)35(10)26-39/h15-27,40-41H,11-14H2,1-10H3. The fraction of sp³-hybridized carbons (Fsp3) is 0.415. The lowest BCUT2D eigenvalue weighted by molar-refractivity contribution is 0.191. The largest absolute Gasteiger partial charge is 0.241 e. The van der Waals surface area contributed by atoms with Gasteiger partial charge in [-0.05, 0) is 170 Å². The molecule has 0 N–H and O–H groups in total. The summed E-state index contributed by atoms with van der Waals surface area (Å²) in [6.45, 7) is 23.1. The van der Waals surface area contributed by atoms with Gasteiger partial charge in [0.25, 0.3) is 0 Å². The third-order valence-electron chi connectivity index (χ3n) is 10.3. The van der Waals surface area contributed by atoms with E-state index in [1.54, 1.807) is 0 Å². The molecule has 1 nitrogen and oxygen atoms in total. The molecule has 0 spiro atoms. The van der Waals surface area contributed by atoms with Crippen LogP contribution < -0.4 is 21.2 Å². The number of rotatable bonds is 8. The lowest BCUT2D eigenvalue weighted by Gasteiger charge is -2.49. The maximum atomic E-state index is 3.12. The number of hydrogen-bond acceptors (Lipinski definition) is 1. The van der Waals surface area contributed by atoms with Crippen molar-refractivity contribution in [2.75, 3.05) is 0 Å². The van der Waals surface area contributed by atoms with Gasteiger partial charge in [-0.2, -0.15) is 0 Å². The highest BCUT2D eigenvalue weighted by atomic mass is 31.2. The molecular formula is C41H53NP2. The molecule has 0 saturated heterocycles. The highest BCUT2D eigenvalue weighted by molar-refractivity contribution is 7.84. The zero-order valence-corrected chi connectivity index (χ0v) is 30.6. The lowest BCUT2D eigenvalue weighted by atomic mass is 9.78. The van der Waals surface area contributed by atoms with Crippen LogP contribution in [0, 0.1) is 67.2 Å². The summed E-state index contributed by atoms with van der Waals surface area (Å²) < 4.78 is 3.12. The van der Waals surface area contributed by atoms with E-state index in [1.807, 2.05) is 0 Å². The van der Waals surface area contributed by atoms with Crippen molar-refractivity contribution in [1.82, 2.24) is 4.44 Å². The summed E-state index contributed by atoms with van der Waals surface area (Å²) in [5.74, 6) is 1.32. The Morgan fingerprint density at radius 2 is 0.795 bits per heavy atom. The topological polar surface area (TPSA) is 3.24 Å². The summed E-state index contributed by atoms with van der Waals surface area (Å²) in [5.41, 5.74) is 11.1. The van der Waals surface area contributed by atoms with Crippen LogP contribution in [0.4, 0.5) is 0 Å². The molecule has 44 heavy (non-hydrogen) atoms. The Morgan fingerprint density at radius 1 is 0.477 bits per heavy atom. The van der Waals surface area contributed by atoms with Gasteiger partial charge in [0.15, 0.2) is 0 Å². The van der Waals surface area contributed by atoms with E-state index in [0.717, 1.165) is 0 Å². The average molecular weight is 622 g/mol. The summed E-state index contributed by atoms with van der Waals surface area (Å²) in [5, 5.41) is 5.94. The fourth-order valence-corrected chi connectivity index (χ4v) is 13.6. The van der Waals surface area contributed by atoms with Crippen LogP contribution in [0.15, 0.2) is 72.8 Å². The van der Waals surface area contributed by atoms with Gasteiger partial charge in [-0.15, -0.1) is 0 Å². The number of benzene rings is 4. The monoisotopic (exact) mass is 621 g/mol. The van der Waals surface area contributed by atoms with Gasteiger partial charge in [0.1, 0.15) is 0 Å². The first kappa shape index (κ1) is 33.1. The van der Waals surface area contributed by atoms with Crippen LogP contribution in [0.25, 0.3) is 0 Å². The van der Waals surface area contributed by atoms with Crippen LogP contribution >= 0.6 is 16.1 Å². The van der Waals surface area contributed by atoms with Gasteiger partial charge >= 0.3 is 0 Å². The van der Waals surface area contributed by atoms with Crippen molar-refractivity contribution in [1.29, 1.82) is 0 Å². The summed E-state index contributed by atoms with van der Waals surface area (Å²) in [7, 11) is -1.61. The molecule has 4 aromatic carbocycles. The van der Waals surface area contributed by atoms with Gasteiger partial charge in [-0.25, -0.2) is 4.44 Å². The van der Waals surface area contributed by atoms with Crippen molar-refractivity contribution in [3.05, 3.63) is 117 Å². The van der Waals surface area contributed by atoms with E-state index in [-0.39, 0.29) is 0 Å². The van der Waals surface area contributed by atoms with Crippen LogP contribution in [0.5, 0.6) is 0 Å². The molecule has 2 unspecified atom stereocenters. The maximum Gasteiger partial charge on any atom is 0.0326 e. The van der Waals surface area contributed by atoms with E-state index in [0.29, 0.717) is 17.9 Å². The zero-order chi connectivity index (χ0) is 31.7. The molecule has 0 amide bonds. The van der Waals surface area contributed by atoms with Crippen molar-refractivity contribution in [3.8, 4) is 0 Å². The normalized spacial score (nSPS) is 17.3. The van der Waals surface area contributed by atoms with Crippen LogP contribution in [-0.2, 0) is 0 Å². The van der Waals surface area contributed by atoms with E-state index in [1.165, 1.54) is 91.4 Å². The summed E-state index contributed by atoms with van der Waals surface area (Å²) in [4.78, 5) is 0. The molecule has 0 aliphatic heterocycles. The first-order chi connectivity index (χ1) is 21.0. The van der Waals surface area contributed by atoms with E-state index in [2.05, 4.69) is 146 Å². The molecule has 1 saturated carbocycles. The van der Waals surface area contributed by atoms with Crippen LogP contribution in [0.3, 0.4) is 0 Å². The van der Waals surface area contributed by atoms with Crippen LogP contribution in [0.2, 0.25) is 0 Å². The van der Waals surface area contributed by atoms with Crippen molar-refractivity contribution in [2.45, 2.75) is 101 Å².